The van der Waals surface area contributed by atoms with Crippen LogP contribution in [0.3, 0.4) is 0 Å². The van der Waals surface area contributed by atoms with Gasteiger partial charge in [0.15, 0.2) is 0 Å². The fraction of sp³-hybridized carbons (Fsp3) is 0.306. The van der Waals surface area contributed by atoms with E-state index in [4.69, 9.17) is 0 Å². The standard InChI is InChI=1S/C36H39N3O3/c1-25-18-20-27(21-19-25)24-39(31(34(41)37-36(2,3)4)23-26-11-6-5-7-12-26)32(40)17-10-22-38-30-16-9-14-28-13-8-15-29(33(28)30)35(38)42/h5-9,11-16,18-21,31H,10,17,22-24H2,1-4H3,(H,37,41)/t31-/m1/s1. The summed E-state index contributed by atoms with van der Waals surface area (Å²) in [4.78, 5) is 44.5. The van der Waals surface area contributed by atoms with Gasteiger partial charge < -0.3 is 15.1 Å². The Hall–Kier alpha value is -4.45. The molecule has 0 spiro atoms. The third kappa shape index (κ3) is 6.54. The minimum atomic E-state index is -0.688. The SMILES string of the molecule is Cc1ccc(CN(C(=O)CCCN2C(=O)c3cccc4cccc2c34)[C@H](Cc2ccccc2)C(=O)NC(C)(C)C)cc1. The quantitative estimate of drug-likeness (QED) is 0.242. The third-order valence-electron chi connectivity index (χ3n) is 7.66. The van der Waals surface area contributed by atoms with E-state index in [9.17, 15) is 14.4 Å². The van der Waals surface area contributed by atoms with E-state index in [0.717, 1.165) is 33.2 Å². The van der Waals surface area contributed by atoms with E-state index in [-0.39, 0.29) is 24.1 Å². The van der Waals surface area contributed by atoms with Crippen LogP contribution in [0.1, 0.15) is 60.7 Å². The molecule has 6 nitrogen and oxygen atoms in total. The first-order valence-electron chi connectivity index (χ1n) is 14.7. The number of nitrogens with one attached hydrogen (secondary N) is 1. The molecular weight excluding hydrogens is 522 g/mol. The number of rotatable bonds is 10. The van der Waals surface area contributed by atoms with Crippen LogP contribution >= 0.6 is 0 Å². The Morgan fingerprint density at radius 2 is 1.55 bits per heavy atom. The van der Waals surface area contributed by atoms with Crippen molar-refractivity contribution in [2.24, 2.45) is 0 Å². The molecule has 42 heavy (non-hydrogen) atoms. The number of anilines is 1. The molecule has 1 aliphatic rings. The van der Waals surface area contributed by atoms with Gasteiger partial charge in [-0.05, 0) is 62.8 Å². The molecule has 1 aliphatic heterocycles. The minimum Gasteiger partial charge on any atom is -0.350 e. The van der Waals surface area contributed by atoms with Gasteiger partial charge in [0.1, 0.15) is 6.04 Å². The van der Waals surface area contributed by atoms with Gasteiger partial charge in [0.25, 0.3) is 5.91 Å². The predicted molar refractivity (Wildman–Crippen MR) is 168 cm³/mol. The largest absolute Gasteiger partial charge is 0.350 e. The number of hydrogen-bond acceptors (Lipinski definition) is 3. The number of carbonyl (C=O) groups is 3. The molecule has 4 aromatic rings. The zero-order valence-electron chi connectivity index (χ0n) is 24.9. The Labute approximate surface area is 248 Å². The summed E-state index contributed by atoms with van der Waals surface area (Å²) in [6.07, 6.45) is 1.11. The number of nitrogens with zero attached hydrogens (tertiary/aromatic N) is 2. The van der Waals surface area contributed by atoms with Crippen molar-refractivity contribution >= 4 is 34.2 Å². The molecule has 0 aromatic heterocycles. The lowest BCUT2D eigenvalue weighted by Crippen LogP contribution is -2.54. The summed E-state index contributed by atoms with van der Waals surface area (Å²) in [5, 5.41) is 5.12. The van der Waals surface area contributed by atoms with Crippen LogP contribution in [-0.2, 0) is 22.6 Å². The molecule has 0 saturated carbocycles. The maximum Gasteiger partial charge on any atom is 0.258 e. The molecule has 5 rings (SSSR count). The van der Waals surface area contributed by atoms with Crippen molar-refractivity contribution in [2.45, 2.75) is 65.1 Å². The summed E-state index contributed by atoms with van der Waals surface area (Å²) in [6, 6.07) is 28.9. The van der Waals surface area contributed by atoms with E-state index in [0.29, 0.717) is 31.5 Å². The van der Waals surface area contributed by atoms with Crippen LogP contribution in [0.5, 0.6) is 0 Å². The lowest BCUT2D eigenvalue weighted by atomic mass is 10.00. The van der Waals surface area contributed by atoms with E-state index in [1.807, 2.05) is 119 Å². The summed E-state index contributed by atoms with van der Waals surface area (Å²) < 4.78 is 0. The second-order valence-electron chi connectivity index (χ2n) is 12.2. The molecule has 1 atom stereocenters. The summed E-state index contributed by atoms with van der Waals surface area (Å²) in [5.41, 5.74) is 4.24. The summed E-state index contributed by atoms with van der Waals surface area (Å²) >= 11 is 0. The van der Waals surface area contributed by atoms with Gasteiger partial charge in [-0.25, -0.2) is 0 Å². The Morgan fingerprint density at radius 1 is 0.857 bits per heavy atom. The average molecular weight is 562 g/mol. The second-order valence-corrected chi connectivity index (χ2v) is 12.2. The van der Waals surface area contributed by atoms with Crippen molar-refractivity contribution in [3.05, 3.63) is 113 Å². The van der Waals surface area contributed by atoms with Gasteiger partial charge >= 0.3 is 0 Å². The van der Waals surface area contributed by atoms with Gasteiger partial charge in [-0.2, -0.15) is 0 Å². The van der Waals surface area contributed by atoms with E-state index in [1.54, 1.807) is 9.80 Å². The summed E-state index contributed by atoms with van der Waals surface area (Å²) in [6.45, 7) is 8.61. The normalized spacial score (nSPS) is 13.3. The number of hydrogen-bond donors (Lipinski definition) is 1. The molecule has 216 valence electrons. The molecular formula is C36H39N3O3. The van der Waals surface area contributed by atoms with Crippen molar-refractivity contribution < 1.29 is 14.4 Å². The first kappa shape index (κ1) is 29.1. The Bertz CT molecular complexity index is 1580. The van der Waals surface area contributed by atoms with E-state index < -0.39 is 11.6 Å². The highest BCUT2D eigenvalue weighted by Gasteiger charge is 2.33. The second kappa shape index (κ2) is 12.2. The van der Waals surface area contributed by atoms with E-state index in [2.05, 4.69) is 5.32 Å². The number of carbonyl (C=O) groups excluding carboxylic acids is 3. The molecule has 6 heteroatoms. The van der Waals surface area contributed by atoms with Gasteiger partial charge in [-0.15, -0.1) is 0 Å². The molecule has 3 amide bonds. The Kier molecular flexibility index (Phi) is 8.44. The average Bonchev–Trinajstić information content (AvgIpc) is 3.23. The maximum absolute atomic E-state index is 14.0. The molecule has 0 bridgehead atoms. The topological polar surface area (TPSA) is 69.7 Å². The fourth-order valence-corrected chi connectivity index (χ4v) is 5.63. The summed E-state index contributed by atoms with van der Waals surface area (Å²) in [5.74, 6) is -0.316. The van der Waals surface area contributed by atoms with Gasteiger partial charge in [0.2, 0.25) is 11.8 Å². The smallest absolute Gasteiger partial charge is 0.258 e. The molecule has 1 heterocycles. The van der Waals surface area contributed by atoms with E-state index >= 15 is 0 Å². The third-order valence-corrected chi connectivity index (χ3v) is 7.66. The Balaban J connectivity index is 1.38. The van der Waals surface area contributed by atoms with Gasteiger partial charge in [-0.3, -0.25) is 14.4 Å². The highest BCUT2D eigenvalue weighted by atomic mass is 16.2. The number of benzene rings is 4. The van der Waals surface area contributed by atoms with Crippen molar-refractivity contribution in [3.63, 3.8) is 0 Å². The zero-order chi connectivity index (χ0) is 29.9. The number of amides is 3. The van der Waals surface area contributed by atoms with Crippen molar-refractivity contribution in [1.82, 2.24) is 10.2 Å². The van der Waals surface area contributed by atoms with Gasteiger partial charge in [-0.1, -0.05) is 84.4 Å². The molecule has 0 aliphatic carbocycles. The fourth-order valence-electron chi connectivity index (χ4n) is 5.63. The lowest BCUT2D eigenvalue weighted by Gasteiger charge is -2.34. The van der Waals surface area contributed by atoms with Gasteiger partial charge in [0.05, 0.1) is 5.69 Å². The van der Waals surface area contributed by atoms with Crippen LogP contribution in [0.15, 0.2) is 91.0 Å². The maximum atomic E-state index is 14.0. The first-order valence-corrected chi connectivity index (χ1v) is 14.7. The van der Waals surface area contributed by atoms with E-state index in [1.165, 1.54) is 0 Å². The molecule has 0 saturated heterocycles. The van der Waals surface area contributed by atoms with Crippen molar-refractivity contribution in [3.8, 4) is 0 Å². The minimum absolute atomic E-state index is 0.0303. The van der Waals surface area contributed by atoms with Crippen LogP contribution in [0, 0.1) is 6.92 Å². The van der Waals surface area contributed by atoms with Crippen LogP contribution < -0.4 is 10.2 Å². The monoisotopic (exact) mass is 561 g/mol. The molecule has 4 aromatic carbocycles. The number of aryl methyl sites for hydroxylation is 1. The first-order chi connectivity index (χ1) is 20.1. The molecule has 0 radical (unpaired) electrons. The zero-order valence-corrected chi connectivity index (χ0v) is 24.9. The van der Waals surface area contributed by atoms with Crippen LogP contribution in [0.25, 0.3) is 10.8 Å². The highest BCUT2D eigenvalue weighted by Crippen LogP contribution is 2.37. The highest BCUT2D eigenvalue weighted by molar-refractivity contribution is 6.25. The van der Waals surface area contributed by atoms with Crippen molar-refractivity contribution in [1.29, 1.82) is 0 Å². The van der Waals surface area contributed by atoms with Crippen LogP contribution in [0.4, 0.5) is 5.69 Å². The van der Waals surface area contributed by atoms with Gasteiger partial charge in [0, 0.05) is 42.4 Å². The lowest BCUT2D eigenvalue weighted by molar-refractivity contribution is -0.142. The van der Waals surface area contributed by atoms with Crippen LogP contribution in [-0.4, -0.2) is 40.7 Å². The molecule has 1 N–H and O–H groups in total. The van der Waals surface area contributed by atoms with Crippen LogP contribution in [0.2, 0.25) is 0 Å². The molecule has 0 unspecified atom stereocenters. The summed E-state index contributed by atoms with van der Waals surface area (Å²) in [7, 11) is 0. The molecule has 0 fully saturated rings. The predicted octanol–water partition coefficient (Wildman–Crippen LogP) is 6.44. The Morgan fingerprint density at radius 3 is 2.24 bits per heavy atom. The van der Waals surface area contributed by atoms with Crippen molar-refractivity contribution in [2.75, 3.05) is 11.4 Å².